The Hall–Kier alpha value is -0.120. The number of aliphatic hydroxyl groups excluding tert-OH is 1. The topological polar surface area (TPSA) is 35.5 Å². The molecule has 16 heavy (non-hydrogen) atoms. The Morgan fingerprint density at radius 3 is 2.19 bits per heavy atom. The van der Waals surface area contributed by atoms with Gasteiger partial charge in [-0.1, -0.05) is 27.7 Å². The summed E-state index contributed by atoms with van der Waals surface area (Å²) in [6.07, 6.45) is 1.02. The van der Waals surface area contributed by atoms with E-state index in [2.05, 4.69) is 44.8 Å². The molecule has 98 valence electrons. The highest BCUT2D eigenvalue weighted by Crippen LogP contribution is 2.15. The van der Waals surface area contributed by atoms with Crippen LogP contribution in [0.4, 0.5) is 0 Å². The summed E-state index contributed by atoms with van der Waals surface area (Å²) in [6, 6.07) is 0. The molecule has 3 heteroatoms. The zero-order valence-corrected chi connectivity index (χ0v) is 11.7. The van der Waals surface area contributed by atoms with Gasteiger partial charge in [-0.15, -0.1) is 0 Å². The van der Waals surface area contributed by atoms with Crippen molar-refractivity contribution < 1.29 is 5.11 Å². The predicted molar refractivity (Wildman–Crippen MR) is 70.7 cm³/mol. The molecule has 1 unspecified atom stereocenters. The van der Waals surface area contributed by atoms with Gasteiger partial charge in [-0.3, -0.25) is 0 Å². The van der Waals surface area contributed by atoms with Crippen molar-refractivity contribution in [3.8, 4) is 0 Å². The van der Waals surface area contributed by atoms with E-state index in [1.165, 1.54) is 0 Å². The number of rotatable bonds is 9. The summed E-state index contributed by atoms with van der Waals surface area (Å²) in [4.78, 5) is 2.39. The van der Waals surface area contributed by atoms with Crippen molar-refractivity contribution in [2.24, 2.45) is 5.92 Å². The van der Waals surface area contributed by atoms with Crippen LogP contribution in [0.1, 0.15) is 41.0 Å². The molecule has 0 spiro atoms. The van der Waals surface area contributed by atoms with Crippen molar-refractivity contribution >= 4 is 0 Å². The Morgan fingerprint density at radius 1 is 1.25 bits per heavy atom. The first-order valence-corrected chi connectivity index (χ1v) is 6.55. The monoisotopic (exact) mass is 230 g/mol. The molecule has 0 rings (SSSR count). The van der Waals surface area contributed by atoms with Gasteiger partial charge in [-0.05, 0) is 32.4 Å². The zero-order chi connectivity index (χ0) is 12.6. The van der Waals surface area contributed by atoms with Gasteiger partial charge in [0.2, 0.25) is 0 Å². The molecular weight excluding hydrogens is 200 g/mol. The number of aliphatic hydroxyl groups is 1. The van der Waals surface area contributed by atoms with Crippen LogP contribution in [0.15, 0.2) is 0 Å². The molecule has 0 bridgehead atoms. The second-order valence-electron chi connectivity index (χ2n) is 5.27. The zero-order valence-electron chi connectivity index (χ0n) is 11.7. The number of nitrogens with zero attached hydrogens (tertiary/aromatic N) is 1. The van der Waals surface area contributed by atoms with E-state index in [1.54, 1.807) is 0 Å². The lowest BCUT2D eigenvalue weighted by Crippen LogP contribution is -2.49. The predicted octanol–water partition coefficient (Wildman–Crippen LogP) is 1.71. The van der Waals surface area contributed by atoms with Gasteiger partial charge in [0.1, 0.15) is 0 Å². The molecule has 0 heterocycles. The van der Waals surface area contributed by atoms with Gasteiger partial charge < -0.3 is 15.3 Å². The maximum Gasteiger partial charge on any atom is 0.0610 e. The van der Waals surface area contributed by atoms with Gasteiger partial charge in [0, 0.05) is 18.6 Å². The fraction of sp³-hybridized carbons (Fsp3) is 1.00. The Labute approximate surface area is 101 Å². The molecule has 0 aliphatic rings. The third-order valence-electron chi connectivity index (χ3n) is 3.08. The van der Waals surface area contributed by atoms with Gasteiger partial charge in [0.25, 0.3) is 0 Å². The van der Waals surface area contributed by atoms with Crippen LogP contribution < -0.4 is 5.32 Å². The van der Waals surface area contributed by atoms with Gasteiger partial charge in [0.05, 0.1) is 6.61 Å². The van der Waals surface area contributed by atoms with E-state index in [0.717, 1.165) is 32.6 Å². The van der Waals surface area contributed by atoms with Crippen molar-refractivity contribution in [3.05, 3.63) is 0 Å². The minimum absolute atomic E-state index is 0.124. The lowest BCUT2D eigenvalue weighted by atomic mass is 9.91. The first-order valence-electron chi connectivity index (χ1n) is 6.55. The first kappa shape index (κ1) is 15.9. The molecule has 0 aliphatic carbocycles. The van der Waals surface area contributed by atoms with E-state index in [4.69, 9.17) is 0 Å². The Kier molecular flexibility index (Phi) is 7.98. The summed E-state index contributed by atoms with van der Waals surface area (Å²) in [7, 11) is 0. The highest BCUT2D eigenvalue weighted by molar-refractivity contribution is 4.83. The van der Waals surface area contributed by atoms with Crippen LogP contribution in [0, 0.1) is 5.92 Å². The number of hydrogen-bond donors (Lipinski definition) is 2. The molecule has 0 fully saturated rings. The fourth-order valence-electron chi connectivity index (χ4n) is 2.15. The Morgan fingerprint density at radius 2 is 1.81 bits per heavy atom. The highest BCUT2D eigenvalue weighted by Gasteiger charge is 2.23. The maximum atomic E-state index is 9.44. The smallest absolute Gasteiger partial charge is 0.0610 e. The van der Waals surface area contributed by atoms with E-state index in [1.807, 2.05) is 0 Å². The van der Waals surface area contributed by atoms with Crippen molar-refractivity contribution in [2.75, 3.05) is 32.8 Å². The average molecular weight is 230 g/mol. The summed E-state index contributed by atoms with van der Waals surface area (Å²) in [6.45, 7) is 15.3. The maximum absolute atomic E-state index is 9.44. The van der Waals surface area contributed by atoms with Gasteiger partial charge >= 0.3 is 0 Å². The molecule has 3 nitrogen and oxygen atoms in total. The van der Waals surface area contributed by atoms with E-state index in [9.17, 15) is 5.11 Å². The summed E-state index contributed by atoms with van der Waals surface area (Å²) in [5.74, 6) is 0.609. The summed E-state index contributed by atoms with van der Waals surface area (Å²) in [5, 5.41) is 12.9. The minimum atomic E-state index is -0.124. The van der Waals surface area contributed by atoms with Gasteiger partial charge in [-0.2, -0.15) is 0 Å². The van der Waals surface area contributed by atoms with Crippen LogP contribution in [0.5, 0.6) is 0 Å². The van der Waals surface area contributed by atoms with Crippen LogP contribution >= 0.6 is 0 Å². The Balaban J connectivity index is 3.94. The summed E-state index contributed by atoms with van der Waals surface area (Å²) >= 11 is 0. The molecule has 0 aromatic rings. The molecular formula is C13H30N2O. The van der Waals surface area contributed by atoms with E-state index in [-0.39, 0.29) is 12.1 Å². The highest BCUT2D eigenvalue weighted by atomic mass is 16.3. The molecule has 0 amide bonds. The number of nitrogens with one attached hydrogen (secondary N) is 1. The van der Waals surface area contributed by atoms with Crippen molar-refractivity contribution in [3.63, 3.8) is 0 Å². The summed E-state index contributed by atoms with van der Waals surface area (Å²) < 4.78 is 0. The summed E-state index contributed by atoms with van der Waals surface area (Å²) in [5.41, 5.74) is -0.124. The SMILES string of the molecule is CCN(CC)CCNC(C)(CO)CC(C)C. The molecule has 0 aromatic carbocycles. The molecule has 0 aliphatic heterocycles. The number of hydrogen-bond acceptors (Lipinski definition) is 3. The molecule has 2 N–H and O–H groups in total. The van der Waals surface area contributed by atoms with Crippen molar-refractivity contribution in [2.45, 2.75) is 46.6 Å². The molecule has 0 saturated heterocycles. The molecule has 1 atom stereocenters. The average Bonchev–Trinajstić information content (AvgIpc) is 2.23. The van der Waals surface area contributed by atoms with Gasteiger partial charge in [-0.25, -0.2) is 0 Å². The lowest BCUT2D eigenvalue weighted by molar-refractivity contribution is 0.147. The second kappa shape index (κ2) is 8.04. The van der Waals surface area contributed by atoms with Crippen molar-refractivity contribution in [1.29, 1.82) is 0 Å². The minimum Gasteiger partial charge on any atom is -0.394 e. The van der Waals surface area contributed by atoms with Crippen LogP contribution in [-0.4, -0.2) is 48.3 Å². The molecule has 0 saturated carbocycles. The standard InChI is InChI=1S/C13H30N2O/c1-6-15(7-2)9-8-14-13(5,11-16)10-12(3)4/h12,14,16H,6-11H2,1-5H3. The quantitative estimate of drug-likeness (QED) is 0.633. The number of likely N-dealkylation sites (N-methyl/N-ethyl adjacent to an activating group) is 1. The lowest BCUT2D eigenvalue weighted by Gasteiger charge is -2.31. The normalized spacial score (nSPS) is 15.8. The van der Waals surface area contributed by atoms with Crippen LogP contribution in [0.3, 0.4) is 0 Å². The fourth-order valence-corrected chi connectivity index (χ4v) is 2.15. The van der Waals surface area contributed by atoms with E-state index in [0.29, 0.717) is 5.92 Å². The third kappa shape index (κ3) is 6.46. The van der Waals surface area contributed by atoms with Crippen molar-refractivity contribution in [1.82, 2.24) is 10.2 Å². The third-order valence-corrected chi connectivity index (χ3v) is 3.08. The largest absolute Gasteiger partial charge is 0.394 e. The van der Waals surface area contributed by atoms with Crippen LogP contribution in [0.25, 0.3) is 0 Å². The molecule has 0 radical (unpaired) electrons. The first-order chi connectivity index (χ1) is 7.47. The Bertz CT molecular complexity index is 169. The van der Waals surface area contributed by atoms with Gasteiger partial charge in [0.15, 0.2) is 0 Å². The van der Waals surface area contributed by atoms with Crippen LogP contribution in [-0.2, 0) is 0 Å². The van der Waals surface area contributed by atoms with E-state index >= 15 is 0 Å². The second-order valence-corrected chi connectivity index (χ2v) is 5.27. The molecule has 0 aromatic heterocycles. The van der Waals surface area contributed by atoms with E-state index < -0.39 is 0 Å². The van der Waals surface area contributed by atoms with Crippen LogP contribution in [0.2, 0.25) is 0 Å².